The minimum Gasteiger partial charge on any atom is -0.356 e. The van der Waals surface area contributed by atoms with E-state index in [-0.39, 0.29) is 12.6 Å². The fourth-order valence-electron chi connectivity index (χ4n) is 2.54. The van der Waals surface area contributed by atoms with Crippen molar-refractivity contribution in [1.82, 2.24) is 10.6 Å². The van der Waals surface area contributed by atoms with Gasteiger partial charge in [-0.05, 0) is 23.5 Å². The molecule has 6 heteroatoms. The summed E-state index contributed by atoms with van der Waals surface area (Å²) in [4.78, 5) is 3.98. The molecule has 0 spiro atoms. The SMILES string of the molecule is CN=C(NCCC(F)(F)F)NC1CC1c1ccc(C(C)C)cc1. The summed E-state index contributed by atoms with van der Waals surface area (Å²) in [5.74, 6) is 1.34. The van der Waals surface area contributed by atoms with Crippen LogP contribution in [0.5, 0.6) is 0 Å². The standard InChI is InChI=1S/C17H24F3N3/c1-11(2)12-4-6-13(7-5-12)14-10-15(14)23-16(21-3)22-9-8-17(18,19)20/h4-7,11,14-15H,8-10H2,1-3H3,(H2,21,22,23). The van der Waals surface area contributed by atoms with Crippen LogP contribution < -0.4 is 10.6 Å². The highest BCUT2D eigenvalue weighted by molar-refractivity contribution is 5.80. The number of rotatable bonds is 5. The molecule has 0 saturated heterocycles. The quantitative estimate of drug-likeness (QED) is 0.638. The van der Waals surface area contributed by atoms with Crippen LogP contribution in [0.1, 0.15) is 49.7 Å². The molecule has 1 aliphatic rings. The predicted molar refractivity (Wildman–Crippen MR) is 86.8 cm³/mol. The van der Waals surface area contributed by atoms with Crippen LogP contribution >= 0.6 is 0 Å². The Bertz CT molecular complexity index is 535. The number of benzene rings is 1. The third kappa shape index (κ3) is 5.44. The van der Waals surface area contributed by atoms with Crippen molar-refractivity contribution in [2.24, 2.45) is 4.99 Å². The van der Waals surface area contributed by atoms with Crippen LogP contribution in [0.2, 0.25) is 0 Å². The van der Waals surface area contributed by atoms with Crippen molar-refractivity contribution >= 4 is 5.96 Å². The number of aliphatic imine (C=N–C) groups is 1. The number of guanidine groups is 1. The molecule has 0 amide bonds. The fraction of sp³-hybridized carbons (Fsp3) is 0.588. The molecule has 0 heterocycles. The van der Waals surface area contributed by atoms with E-state index < -0.39 is 12.6 Å². The molecule has 0 aromatic heterocycles. The molecule has 0 aliphatic heterocycles. The first-order valence-electron chi connectivity index (χ1n) is 7.94. The van der Waals surface area contributed by atoms with Crippen molar-refractivity contribution in [2.75, 3.05) is 13.6 Å². The van der Waals surface area contributed by atoms with Gasteiger partial charge in [0.25, 0.3) is 0 Å². The van der Waals surface area contributed by atoms with Crippen LogP contribution in [0.25, 0.3) is 0 Å². The van der Waals surface area contributed by atoms with Crippen LogP contribution in [0.15, 0.2) is 29.3 Å². The summed E-state index contributed by atoms with van der Waals surface area (Å²) < 4.78 is 36.5. The summed E-state index contributed by atoms with van der Waals surface area (Å²) in [6.07, 6.45) is -4.04. The Morgan fingerprint density at radius 2 is 1.91 bits per heavy atom. The van der Waals surface area contributed by atoms with Gasteiger partial charge < -0.3 is 10.6 Å². The molecule has 1 aliphatic carbocycles. The highest BCUT2D eigenvalue weighted by atomic mass is 19.4. The largest absolute Gasteiger partial charge is 0.390 e. The van der Waals surface area contributed by atoms with Gasteiger partial charge in [-0.1, -0.05) is 38.1 Å². The summed E-state index contributed by atoms with van der Waals surface area (Å²) in [5.41, 5.74) is 2.57. The van der Waals surface area contributed by atoms with Gasteiger partial charge in [0.15, 0.2) is 5.96 Å². The van der Waals surface area contributed by atoms with E-state index in [1.54, 1.807) is 7.05 Å². The third-order valence-electron chi connectivity index (χ3n) is 4.07. The van der Waals surface area contributed by atoms with Crippen molar-refractivity contribution in [2.45, 2.75) is 50.7 Å². The van der Waals surface area contributed by atoms with Crippen LogP contribution in [-0.4, -0.2) is 31.8 Å². The molecule has 2 atom stereocenters. The van der Waals surface area contributed by atoms with Gasteiger partial charge in [-0.3, -0.25) is 4.99 Å². The van der Waals surface area contributed by atoms with Gasteiger partial charge in [0.2, 0.25) is 0 Å². The molecule has 1 aromatic carbocycles. The molecule has 23 heavy (non-hydrogen) atoms. The van der Waals surface area contributed by atoms with E-state index in [0.717, 1.165) is 6.42 Å². The Kier molecular flexibility index (Phi) is 5.55. The number of nitrogens with zero attached hydrogens (tertiary/aromatic N) is 1. The van der Waals surface area contributed by atoms with E-state index in [2.05, 4.69) is 53.7 Å². The van der Waals surface area contributed by atoms with E-state index in [0.29, 0.717) is 17.8 Å². The summed E-state index contributed by atoms with van der Waals surface area (Å²) in [7, 11) is 1.57. The van der Waals surface area contributed by atoms with Gasteiger partial charge in [-0.2, -0.15) is 13.2 Å². The number of hydrogen-bond donors (Lipinski definition) is 2. The average Bonchev–Trinajstić information content (AvgIpc) is 3.24. The molecule has 2 rings (SSSR count). The third-order valence-corrected chi connectivity index (χ3v) is 4.07. The molecule has 0 bridgehead atoms. The van der Waals surface area contributed by atoms with Gasteiger partial charge in [-0.15, -0.1) is 0 Å². The Morgan fingerprint density at radius 3 is 2.43 bits per heavy atom. The van der Waals surface area contributed by atoms with E-state index in [1.165, 1.54) is 11.1 Å². The summed E-state index contributed by atoms with van der Waals surface area (Å²) in [6.45, 7) is 4.16. The lowest BCUT2D eigenvalue weighted by atomic mass is 10.0. The van der Waals surface area contributed by atoms with Gasteiger partial charge in [-0.25, -0.2) is 0 Å². The second-order valence-corrected chi connectivity index (χ2v) is 6.28. The van der Waals surface area contributed by atoms with Crippen molar-refractivity contribution < 1.29 is 13.2 Å². The number of halogens is 3. The molecule has 1 fully saturated rings. The molecular weight excluding hydrogens is 303 g/mol. The van der Waals surface area contributed by atoms with Crippen molar-refractivity contribution in [3.63, 3.8) is 0 Å². The highest BCUT2D eigenvalue weighted by Crippen LogP contribution is 2.41. The zero-order valence-electron chi connectivity index (χ0n) is 13.7. The van der Waals surface area contributed by atoms with Crippen molar-refractivity contribution in [3.8, 4) is 0 Å². The smallest absolute Gasteiger partial charge is 0.356 e. The maximum Gasteiger partial charge on any atom is 0.390 e. The normalized spacial score (nSPS) is 21.4. The lowest BCUT2D eigenvalue weighted by Crippen LogP contribution is -2.40. The van der Waals surface area contributed by atoms with Crippen molar-refractivity contribution in [1.29, 1.82) is 0 Å². The van der Waals surface area contributed by atoms with E-state index in [1.807, 2.05) is 0 Å². The first-order chi connectivity index (χ1) is 10.8. The molecule has 2 unspecified atom stereocenters. The monoisotopic (exact) mass is 327 g/mol. The first kappa shape index (κ1) is 17.6. The lowest BCUT2D eigenvalue weighted by Gasteiger charge is -2.13. The maximum absolute atomic E-state index is 12.2. The summed E-state index contributed by atoms with van der Waals surface area (Å²) >= 11 is 0. The molecular formula is C17H24F3N3. The van der Waals surface area contributed by atoms with Crippen LogP contribution in [0.3, 0.4) is 0 Å². The minimum atomic E-state index is -4.15. The Morgan fingerprint density at radius 1 is 1.26 bits per heavy atom. The van der Waals surface area contributed by atoms with E-state index >= 15 is 0 Å². The van der Waals surface area contributed by atoms with Gasteiger partial charge in [0.05, 0.1) is 6.42 Å². The van der Waals surface area contributed by atoms with E-state index in [4.69, 9.17) is 0 Å². The summed E-state index contributed by atoms with van der Waals surface area (Å²) in [5, 5.41) is 5.90. The second-order valence-electron chi connectivity index (χ2n) is 6.28. The number of nitrogens with one attached hydrogen (secondary N) is 2. The zero-order chi connectivity index (χ0) is 17.0. The second kappa shape index (κ2) is 7.23. The highest BCUT2D eigenvalue weighted by Gasteiger charge is 2.39. The lowest BCUT2D eigenvalue weighted by molar-refractivity contribution is -0.132. The minimum absolute atomic E-state index is 0.163. The number of hydrogen-bond acceptors (Lipinski definition) is 1. The van der Waals surface area contributed by atoms with Gasteiger partial charge >= 0.3 is 6.18 Å². The first-order valence-corrected chi connectivity index (χ1v) is 7.94. The number of alkyl halides is 3. The Labute approximate surface area is 135 Å². The Balaban J connectivity index is 1.81. The maximum atomic E-state index is 12.2. The Hall–Kier alpha value is -1.72. The fourth-order valence-corrected chi connectivity index (χ4v) is 2.54. The summed E-state index contributed by atoms with van der Waals surface area (Å²) in [6, 6.07) is 8.80. The van der Waals surface area contributed by atoms with E-state index in [9.17, 15) is 13.2 Å². The van der Waals surface area contributed by atoms with Crippen LogP contribution in [0.4, 0.5) is 13.2 Å². The average molecular weight is 327 g/mol. The molecule has 128 valence electrons. The molecule has 1 aromatic rings. The van der Waals surface area contributed by atoms with Gasteiger partial charge in [0, 0.05) is 25.6 Å². The zero-order valence-corrected chi connectivity index (χ0v) is 13.7. The molecule has 0 radical (unpaired) electrons. The molecule has 2 N–H and O–H groups in total. The predicted octanol–water partition coefficient (Wildman–Crippen LogP) is 3.78. The van der Waals surface area contributed by atoms with Gasteiger partial charge in [0.1, 0.15) is 0 Å². The van der Waals surface area contributed by atoms with Crippen molar-refractivity contribution in [3.05, 3.63) is 35.4 Å². The molecule has 3 nitrogen and oxygen atoms in total. The topological polar surface area (TPSA) is 36.4 Å². The molecule has 1 saturated carbocycles. The van der Waals surface area contributed by atoms with Crippen LogP contribution in [0, 0.1) is 0 Å². The van der Waals surface area contributed by atoms with Crippen LogP contribution in [-0.2, 0) is 0 Å².